The van der Waals surface area contributed by atoms with Gasteiger partial charge in [-0.1, -0.05) is 0 Å². The Hall–Kier alpha value is -2.34. The molecular formula is C81H186N26O10. The fourth-order valence-electron chi connectivity index (χ4n) is 13.8. The van der Waals surface area contributed by atoms with E-state index in [0.717, 1.165) is 227 Å². The van der Waals surface area contributed by atoms with Crippen molar-refractivity contribution in [2.45, 2.75) is 171 Å². The van der Waals surface area contributed by atoms with Crippen molar-refractivity contribution in [3.8, 4) is 0 Å². The van der Waals surface area contributed by atoms with Gasteiger partial charge >= 0.3 is 0 Å². The average Bonchev–Trinajstić information content (AvgIpc) is 0.817. The number of nitrogens with one attached hydrogen (secondary N) is 2. The normalized spacial score (nSPS) is 13.4. The summed E-state index contributed by atoms with van der Waals surface area (Å²) in [6.07, 6.45) is 13.7. The number of hydrogen-bond donors (Lipinski definition) is 18. The summed E-state index contributed by atoms with van der Waals surface area (Å²) in [4.78, 5) is 52.0. The zero-order valence-corrected chi connectivity index (χ0v) is 74.1. The van der Waals surface area contributed by atoms with Crippen LogP contribution in [0.25, 0.3) is 0 Å². The van der Waals surface area contributed by atoms with Crippen LogP contribution in [0.1, 0.15) is 148 Å². The van der Waals surface area contributed by atoms with Crippen molar-refractivity contribution in [2.75, 3.05) is 341 Å². The lowest BCUT2D eigenvalue weighted by molar-refractivity contribution is -0.186. The second-order valence-electron chi connectivity index (χ2n) is 30.9. The van der Waals surface area contributed by atoms with E-state index in [4.69, 9.17) is 130 Å². The molecule has 3 atom stereocenters. The molecule has 0 rings (SSSR count). The van der Waals surface area contributed by atoms with Gasteiger partial charge in [-0.25, -0.2) is 0 Å². The van der Waals surface area contributed by atoms with E-state index in [1.165, 1.54) is 0 Å². The number of nitrogens with zero attached hydrogens (tertiary/aromatic N) is 8. The third kappa shape index (κ3) is 64.1. The molecule has 0 bridgehead atoms. The SMILES string of the molecule is NCCCN(CCCN)CCCOCC(COCCCN(CCCN)CCCN)(NC(=O)C(OCCCN(CCCN)CCCN)C(OCCCN(CCCN)CCCN)C(=O)NC(COCCCN(CCCN)CCCN)(COCCN(CCCN)CCCN)OCCCN(CCCN)CCCN)OCCCN(CCCN)CCCN. The number of ether oxygens (including phenoxy) is 8. The fraction of sp³-hybridized carbons (Fsp3) is 0.975. The summed E-state index contributed by atoms with van der Waals surface area (Å²) in [5.41, 5.74) is 93.7. The van der Waals surface area contributed by atoms with E-state index < -0.39 is 35.5 Å². The molecule has 0 fully saturated rings. The monoisotopic (exact) mass is 1680 g/mol. The van der Waals surface area contributed by atoms with Crippen molar-refractivity contribution in [1.29, 1.82) is 0 Å². The average molecular weight is 1680 g/mol. The van der Waals surface area contributed by atoms with Crippen molar-refractivity contribution >= 4 is 11.8 Å². The molecule has 36 heteroatoms. The van der Waals surface area contributed by atoms with Crippen molar-refractivity contribution in [3.05, 3.63) is 0 Å². The standard InChI is InChI=1S/C81H186N26O10/c82-24-1-40-100(41-2-25-83)56-17-64-110-72-80(116-69-22-61-105(50-11-34-92)51-12-35-93,73-111-65-18-57-101(42-3-26-84)43-4-27-85)98-78(108)76(114-67-20-59-103(46-7-30-88)47-8-31-89)77(115-68-21-60-104(48-9-32-90)49-10-33-91)79(109)99-81(75-113-71-63-107(54-15-38-96)55-16-39-97,117-70-23-62-106(52-13-36-94)53-14-37-95)74-112-66-19-58-102(44-5-28-86)45-6-29-87/h76-77H,1-75,82-97H2,(H,98,108)(H,99,109). The summed E-state index contributed by atoms with van der Waals surface area (Å²) >= 11 is 0. The maximum atomic E-state index is 16.7. The van der Waals surface area contributed by atoms with E-state index in [1.807, 2.05) is 0 Å². The van der Waals surface area contributed by atoms with E-state index in [0.29, 0.717) is 202 Å². The zero-order valence-electron chi connectivity index (χ0n) is 74.1. The van der Waals surface area contributed by atoms with Crippen LogP contribution in [0.3, 0.4) is 0 Å². The summed E-state index contributed by atoms with van der Waals surface area (Å²) in [5, 5.41) is 6.74. The minimum absolute atomic E-state index is 0.0350. The fourth-order valence-corrected chi connectivity index (χ4v) is 13.8. The van der Waals surface area contributed by atoms with Crippen LogP contribution in [0, 0.1) is 0 Å². The summed E-state index contributed by atoms with van der Waals surface area (Å²) in [7, 11) is 0. The second kappa shape index (κ2) is 84.5. The highest BCUT2D eigenvalue weighted by Crippen LogP contribution is 2.20. The van der Waals surface area contributed by atoms with Crippen LogP contribution in [-0.2, 0) is 47.5 Å². The highest BCUT2D eigenvalue weighted by Gasteiger charge is 2.45. The Kier molecular flexibility index (Phi) is 82.8. The number of amides is 2. The number of carbonyl (C=O) groups is 2. The topological polar surface area (TPSA) is 574 Å². The quantitative estimate of drug-likeness (QED) is 0.0205. The molecule has 0 spiro atoms. The van der Waals surface area contributed by atoms with Crippen LogP contribution in [0.4, 0.5) is 0 Å². The Morgan fingerprint density at radius 1 is 0.205 bits per heavy atom. The number of rotatable bonds is 96. The maximum absolute atomic E-state index is 16.7. The van der Waals surface area contributed by atoms with Crippen molar-refractivity contribution < 1.29 is 47.5 Å². The van der Waals surface area contributed by atoms with Gasteiger partial charge in [0, 0.05) is 85.4 Å². The predicted octanol–water partition coefficient (Wildman–Crippen LogP) is -3.79. The first kappa shape index (κ1) is 115. The summed E-state index contributed by atoms with van der Waals surface area (Å²) in [5.74, 6) is -1.38. The molecule has 0 aromatic carbocycles. The minimum atomic E-state index is -1.67. The first-order valence-electron chi connectivity index (χ1n) is 45.7. The Balaban J connectivity index is 9.25. The lowest BCUT2D eigenvalue weighted by Gasteiger charge is -2.38. The molecule has 0 aromatic heterocycles. The van der Waals surface area contributed by atoms with Gasteiger partial charge in [-0.05, 0) is 357 Å². The summed E-state index contributed by atoms with van der Waals surface area (Å²) in [6, 6.07) is 0. The molecule has 700 valence electrons. The van der Waals surface area contributed by atoms with Gasteiger partial charge in [0.15, 0.2) is 23.7 Å². The van der Waals surface area contributed by atoms with Gasteiger partial charge in [-0.3, -0.25) is 9.59 Å². The van der Waals surface area contributed by atoms with E-state index >= 15 is 9.59 Å². The van der Waals surface area contributed by atoms with Gasteiger partial charge in [0.25, 0.3) is 11.8 Å². The zero-order chi connectivity index (χ0) is 86.0. The van der Waals surface area contributed by atoms with Crippen LogP contribution < -0.4 is 102 Å². The van der Waals surface area contributed by atoms with Gasteiger partial charge in [0.2, 0.25) is 0 Å². The Labute approximate surface area is 710 Å². The highest BCUT2D eigenvalue weighted by atomic mass is 16.6. The van der Waals surface area contributed by atoms with E-state index in [2.05, 4.69) is 49.8 Å². The van der Waals surface area contributed by atoms with Crippen LogP contribution in [0.15, 0.2) is 0 Å². The number of carbonyl (C=O) groups excluding carboxylic acids is 2. The van der Waals surface area contributed by atoms with Gasteiger partial charge < -0.3 is 179 Å². The van der Waals surface area contributed by atoms with Gasteiger partial charge in [-0.15, -0.1) is 0 Å². The highest BCUT2D eigenvalue weighted by molar-refractivity contribution is 5.91. The van der Waals surface area contributed by atoms with Gasteiger partial charge in [-0.2, -0.15) is 0 Å². The lowest BCUT2D eigenvalue weighted by atomic mass is 10.1. The lowest BCUT2D eigenvalue weighted by Crippen LogP contribution is -2.65. The molecule has 0 radical (unpaired) electrons. The van der Waals surface area contributed by atoms with Gasteiger partial charge in [0.05, 0.1) is 46.2 Å². The van der Waals surface area contributed by atoms with Crippen LogP contribution in [0.2, 0.25) is 0 Å². The largest absolute Gasteiger partial charge is 0.376 e. The van der Waals surface area contributed by atoms with Crippen LogP contribution in [0.5, 0.6) is 0 Å². The van der Waals surface area contributed by atoms with Crippen molar-refractivity contribution in [2.24, 2.45) is 91.7 Å². The predicted molar refractivity (Wildman–Crippen MR) is 479 cm³/mol. The molecule has 0 heterocycles. The van der Waals surface area contributed by atoms with E-state index in [-0.39, 0.29) is 59.5 Å². The first-order chi connectivity index (χ1) is 57.2. The smallest absolute Gasteiger partial charge is 0.254 e. The second-order valence-corrected chi connectivity index (χ2v) is 30.9. The molecule has 0 aromatic rings. The van der Waals surface area contributed by atoms with Gasteiger partial charge in [0.1, 0.15) is 0 Å². The first-order valence-corrected chi connectivity index (χ1v) is 45.7. The molecule has 2 amide bonds. The van der Waals surface area contributed by atoms with Crippen molar-refractivity contribution in [1.82, 2.24) is 49.8 Å². The third-order valence-electron chi connectivity index (χ3n) is 20.4. The molecule has 0 aliphatic heterocycles. The molecule has 34 N–H and O–H groups in total. The number of nitrogens with two attached hydrogens (primary N) is 16. The summed E-state index contributed by atoms with van der Waals surface area (Å²) in [6.45, 7) is 27.5. The molecule has 0 aliphatic carbocycles. The molecule has 0 aliphatic rings. The summed E-state index contributed by atoms with van der Waals surface area (Å²) < 4.78 is 55.6. The number of hydrogen-bond acceptors (Lipinski definition) is 34. The molecule has 117 heavy (non-hydrogen) atoms. The van der Waals surface area contributed by atoms with Crippen LogP contribution in [-0.4, -0.2) is 416 Å². The Morgan fingerprint density at radius 3 is 0.547 bits per heavy atom. The van der Waals surface area contributed by atoms with E-state index in [1.54, 1.807) is 0 Å². The Morgan fingerprint density at radius 2 is 0.359 bits per heavy atom. The van der Waals surface area contributed by atoms with E-state index in [9.17, 15) is 0 Å². The maximum Gasteiger partial charge on any atom is 0.254 e. The minimum Gasteiger partial charge on any atom is -0.376 e. The molecule has 0 saturated carbocycles. The van der Waals surface area contributed by atoms with Crippen LogP contribution >= 0.6 is 0 Å². The Bertz CT molecular complexity index is 1980. The molecule has 0 saturated heterocycles. The molecular weight excluding hydrogens is 1500 g/mol. The van der Waals surface area contributed by atoms with Crippen molar-refractivity contribution in [3.63, 3.8) is 0 Å². The molecule has 36 nitrogen and oxygen atoms in total. The molecule has 3 unspecified atom stereocenters. The third-order valence-corrected chi connectivity index (χ3v) is 20.4.